The van der Waals surface area contributed by atoms with E-state index in [9.17, 15) is 14.7 Å². The van der Waals surface area contributed by atoms with Crippen LogP contribution in [-0.2, 0) is 4.79 Å². The number of carbonyl (C=O) groups is 2. The number of para-hydroxylation sites is 1. The smallest absolute Gasteiger partial charge is 0.265 e. The molecule has 0 aliphatic heterocycles. The third kappa shape index (κ3) is 3.96. The van der Waals surface area contributed by atoms with E-state index < -0.39 is 24.5 Å². The number of nitrogens with zero attached hydrogens (tertiary/aromatic N) is 1. The number of aromatic nitrogens is 1. The number of benzene rings is 2. The molecule has 0 saturated heterocycles. The van der Waals surface area contributed by atoms with Crippen molar-refractivity contribution in [3.8, 4) is 0 Å². The Labute approximate surface area is 149 Å². The van der Waals surface area contributed by atoms with Crippen LogP contribution in [-0.4, -0.2) is 40.8 Å². The number of fused-ring (bicyclic) bond motifs is 1. The highest BCUT2D eigenvalue weighted by molar-refractivity contribution is 6.00. The van der Waals surface area contributed by atoms with E-state index in [4.69, 9.17) is 0 Å². The summed E-state index contributed by atoms with van der Waals surface area (Å²) in [6.45, 7) is -0.535. The molecule has 3 aromatic rings. The molecule has 7 heteroatoms. The minimum atomic E-state index is -1.09. The van der Waals surface area contributed by atoms with Crippen LogP contribution in [0.4, 0.5) is 0 Å². The van der Waals surface area contributed by atoms with Gasteiger partial charge in [-0.2, -0.15) is 5.10 Å². The number of amides is 2. The van der Waals surface area contributed by atoms with Crippen molar-refractivity contribution in [3.05, 3.63) is 71.9 Å². The van der Waals surface area contributed by atoms with Crippen molar-refractivity contribution in [1.29, 1.82) is 0 Å². The Hall–Kier alpha value is -3.45. The van der Waals surface area contributed by atoms with Gasteiger partial charge in [0.1, 0.15) is 6.04 Å². The van der Waals surface area contributed by atoms with Crippen LogP contribution < -0.4 is 10.7 Å². The summed E-state index contributed by atoms with van der Waals surface area (Å²) in [6, 6.07) is 15.1. The number of carbonyl (C=O) groups excluding carboxylic acids is 2. The molecule has 1 aromatic heterocycles. The number of nitrogens with one attached hydrogen (secondary N) is 3. The fourth-order valence-corrected chi connectivity index (χ4v) is 2.47. The maximum Gasteiger partial charge on any atom is 0.265 e. The molecule has 2 aromatic carbocycles. The van der Waals surface area contributed by atoms with Gasteiger partial charge in [0.2, 0.25) is 0 Å². The van der Waals surface area contributed by atoms with Crippen LogP contribution in [0.15, 0.2) is 65.9 Å². The summed E-state index contributed by atoms with van der Waals surface area (Å²) >= 11 is 0. The van der Waals surface area contributed by atoms with E-state index in [0.29, 0.717) is 5.56 Å². The van der Waals surface area contributed by atoms with Crippen molar-refractivity contribution in [3.63, 3.8) is 0 Å². The molecule has 1 atom stereocenters. The second-order valence-electron chi connectivity index (χ2n) is 5.60. The molecule has 0 aliphatic carbocycles. The average Bonchev–Trinajstić information content (AvgIpc) is 3.09. The number of hydrogen-bond acceptors (Lipinski definition) is 4. The first-order valence-corrected chi connectivity index (χ1v) is 8.05. The normalized spacial score (nSPS) is 12.2. The van der Waals surface area contributed by atoms with Crippen molar-refractivity contribution >= 4 is 28.9 Å². The molecular weight excluding hydrogens is 332 g/mol. The molecule has 0 spiro atoms. The van der Waals surface area contributed by atoms with Gasteiger partial charge < -0.3 is 15.4 Å². The van der Waals surface area contributed by atoms with Gasteiger partial charge in [-0.25, -0.2) is 5.43 Å². The quantitative estimate of drug-likeness (QED) is 0.399. The van der Waals surface area contributed by atoms with Crippen LogP contribution in [0, 0.1) is 0 Å². The van der Waals surface area contributed by atoms with Crippen LogP contribution in [0.3, 0.4) is 0 Å². The number of aliphatic hydroxyl groups excluding tert-OH is 1. The SMILES string of the molecule is O=C(NC(CO)C(=O)N/N=C/c1c[nH]c2ccccc12)c1ccccc1. The lowest BCUT2D eigenvalue weighted by Gasteiger charge is -2.14. The molecule has 2 amide bonds. The predicted octanol–water partition coefficient (Wildman–Crippen LogP) is 1.41. The Morgan fingerprint density at radius 1 is 1.12 bits per heavy atom. The minimum Gasteiger partial charge on any atom is -0.394 e. The Morgan fingerprint density at radius 3 is 2.62 bits per heavy atom. The Balaban J connectivity index is 1.61. The predicted molar refractivity (Wildman–Crippen MR) is 98.8 cm³/mol. The lowest BCUT2D eigenvalue weighted by Crippen LogP contribution is -2.47. The summed E-state index contributed by atoms with van der Waals surface area (Å²) in [4.78, 5) is 27.3. The van der Waals surface area contributed by atoms with E-state index in [0.717, 1.165) is 16.5 Å². The van der Waals surface area contributed by atoms with Gasteiger partial charge in [-0.05, 0) is 18.2 Å². The highest BCUT2D eigenvalue weighted by Gasteiger charge is 2.20. The minimum absolute atomic E-state index is 0.404. The summed E-state index contributed by atoms with van der Waals surface area (Å²) in [6.07, 6.45) is 3.28. The Kier molecular flexibility index (Phi) is 5.40. The van der Waals surface area contributed by atoms with Crippen LogP contribution >= 0.6 is 0 Å². The number of H-pyrrole nitrogens is 1. The van der Waals surface area contributed by atoms with Crippen LogP contribution in [0.5, 0.6) is 0 Å². The second-order valence-corrected chi connectivity index (χ2v) is 5.60. The van der Waals surface area contributed by atoms with E-state index in [1.807, 2.05) is 24.3 Å². The molecule has 4 N–H and O–H groups in total. The zero-order valence-electron chi connectivity index (χ0n) is 13.8. The first-order chi connectivity index (χ1) is 12.7. The molecule has 0 saturated carbocycles. The number of hydrazone groups is 1. The molecule has 0 radical (unpaired) electrons. The monoisotopic (exact) mass is 350 g/mol. The van der Waals surface area contributed by atoms with Crippen molar-refractivity contribution in [2.24, 2.45) is 5.10 Å². The molecule has 3 rings (SSSR count). The topological polar surface area (TPSA) is 107 Å². The number of aromatic amines is 1. The van der Waals surface area contributed by atoms with Crippen molar-refractivity contribution < 1.29 is 14.7 Å². The summed E-state index contributed by atoms with van der Waals surface area (Å²) in [5.41, 5.74) is 4.52. The molecule has 1 unspecified atom stereocenters. The van der Waals surface area contributed by atoms with Crippen molar-refractivity contribution in [1.82, 2.24) is 15.7 Å². The molecule has 132 valence electrons. The maximum atomic E-state index is 12.1. The van der Waals surface area contributed by atoms with Gasteiger partial charge in [0, 0.05) is 28.2 Å². The van der Waals surface area contributed by atoms with Crippen LogP contribution in [0.2, 0.25) is 0 Å². The highest BCUT2D eigenvalue weighted by Crippen LogP contribution is 2.15. The Morgan fingerprint density at radius 2 is 1.85 bits per heavy atom. The number of aliphatic hydroxyl groups is 1. The highest BCUT2D eigenvalue weighted by atomic mass is 16.3. The first kappa shape index (κ1) is 17.4. The van der Waals surface area contributed by atoms with Crippen molar-refractivity contribution in [2.75, 3.05) is 6.61 Å². The van der Waals surface area contributed by atoms with Gasteiger partial charge in [-0.1, -0.05) is 36.4 Å². The number of rotatable bonds is 6. The van der Waals surface area contributed by atoms with Gasteiger partial charge in [0.15, 0.2) is 0 Å². The van der Waals surface area contributed by atoms with E-state index in [2.05, 4.69) is 20.8 Å². The fourth-order valence-electron chi connectivity index (χ4n) is 2.47. The van der Waals surface area contributed by atoms with Crippen LogP contribution in [0.1, 0.15) is 15.9 Å². The summed E-state index contributed by atoms with van der Waals surface area (Å²) < 4.78 is 0. The molecule has 0 aliphatic rings. The van der Waals surface area contributed by atoms with E-state index in [-0.39, 0.29) is 0 Å². The number of hydrogen-bond donors (Lipinski definition) is 4. The lowest BCUT2D eigenvalue weighted by atomic mass is 10.2. The van der Waals surface area contributed by atoms with Crippen LogP contribution in [0.25, 0.3) is 10.9 Å². The van der Waals surface area contributed by atoms with Gasteiger partial charge in [0.05, 0.1) is 12.8 Å². The zero-order chi connectivity index (χ0) is 18.4. The molecule has 7 nitrogen and oxygen atoms in total. The molecule has 0 bridgehead atoms. The zero-order valence-corrected chi connectivity index (χ0v) is 13.8. The second kappa shape index (κ2) is 8.09. The standard InChI is InChI=1S/C19H18N4O3/c24-12-17(22-18(25)13-6-2-1-3-7-13)19(26)23-21-11-14-10-20-16-9-5-4-8-15(14)16/h1-11,17,20,24H,12H2,(H,22,25)(H,23,26)/b21-11+. The Bertz CT molecular complexity index is 934. The first-order valence-electron chi connectivity index (χ1n) is 8.05. The van der Waals surface area contributed by atoms with E-state index >= 15 is 0 Å². The molecule has 26 heavy (non-hydrogen) atoms. The average molecular weight is 350 g/mol. The summed E-state index contributed by atoms with van der Waals surface area (Å²) in [5.74, 6) is -1.05. The lowest BCUT2D eigenvalue weighted by molar-refractivity contribution is -0.123. The largest absolute Gasteiger partial charge is 0.394 e. The maximum absolute atomic E-state index is 12.1. The van der Waals surface area contributed by atoms with E-state index in [1.165, 1.54) is 6.21 Å². The van der Waals surface area contributed by atoms with Gasteiger partial charge in [0.25, 0.3) is 11.8 Å². The molecule has 0 fully saturated rings. The molecular formula is C19H18N4O3. The van der Waals surface area contributed by atoms with Gasteiger partial charge in [-0.3, -0.25) is 9.59 Å². The third-order valence-electron chi connectivity index (χ3n) is 3.84. The van der Waals surface area contributed by atoms with E-state index in [1.54, 1.807) is 36.5 Å². The fraction of sp³-hybridized carbons (Fsp3) is 0.105. The van der Waals surface area contributed by atoms with Gasteiger partial charge in [-0.15, -0.1) is 0 Å². The van der Waals surface area contributed by atoms with Crippen molar-refractivity contribution in [2.45, 2.75) is 6.04 Å². The third-order valence-corrected chi connectivity index (χ3v) is 3.84. The molecule has 1 heterocycles. The van der Waals surface area contributed by atoms with Gasteiger partial charge >= 0.3 is 0 Å². The summed E-state index contributed by atoms with van der Waals surface area (Å²) in [5, 5.41) is 16.7. The summed E-state index contributed by atoms with van der Waals surface area (Å²) in [7, 11) is 0.